The molecule has 0 aliphatic carbocycles. The Kier molecular flexibility index (Phi) is 9.44. The van der Waals surface area contributed by atoms with Crippen LogP contribution in [0.25, 0.3) is 0 Å². The summed E-state index contributed by atoms with van der Waals surface area (Å²) in [7, 11) is 0. The van der Waals surface area contributed by atoms with E-state index in [1.54, 1.807) is 30.3 Å². The molecule has 0 bridgehead atoms. The zero-order valence-electron chi connectivity index (χ0n) is 20.7. The molecule has 1 aromatic heterocycles. The van der Waals surface area contributed by atoms with Crippen LogP contribution in [0.5, 0.6) is 0 Å². The number of rotatable bonds is 5. The van der Waals surface area contributed by atoms with E-state index in [1.807, 2.05) is 29.2 Å². The fourth-order valence-corrected chi connectivity index (χ4v) is 3.19. The average molecular weight is 527 g/mol. The van der Waals surface area contributed by atoms with E-state index in [9.17, 15) is 13.2 Å². The molecule has 0 aliphatic rings. The van der Waals surface area contributed by atoms with Crippen LogP contribution < -0.4 is 10.6 Å². The molecule has 0 fully saturated rings. The zero-order chi connectivity index (χ0) is 29.0. The molecule has 4 nitrogen and oxygen atoms in total. The van der Waals surface area contributed by atoms with E-state index < -0.39 is 17.6 Å². The minimum atomic E-state index is -4.76. The Morgan fingerprint density at radius 2 is 1.27 bits per heavy atom. The number of pyridine rings is 1. The quantitative estimate of drug-likeness (QED) is 0.350. The van der Waals surface area contributed by atoms with Gasteiger partial charge in [0, 0.05) is 34.4 Å². The number of nitrogens with two attached hydrogens (primary N) is 1. The molecule has 2 aromatic carbocycles. The predicted molar refractivity (Wildman–Crippen MR) is 151 cm³/mol. The topological polar surface area (TPSA) is 66.0 Å². The molecular weight excluding hydrogens is 509 g/mol. The SMILES string of the molecule is C#CC#CC#Cc1ccc(N(c2ccc(C#CC#CC#C)cc2)c2ccnc(C(=N)C=C(N)C(F)(F)F)c2)cc1. The van der Waals surface area contributed by atoms with E-state index in [1.165, 1.54) is 12.3 Å². The van der Waals surface area contributed by atoms with Gasteiger partial charge in [-0.1, -0.05) is 11.8 Å². The molecule has 0 unspecified atom stereocenters. The van der Waals surface area contributed by atoms with E-state index in [2.05, 4.69) is 64.2 Å². The van der Waals surface area contributed by atoms with Gasteiger partial charge < -0.3 is 10.6 Å². The number of hydrogen-bond acceptors (Lipinski definition) is 4. The van der Waals surface area contributed by atoms with Crippen molar-refractivity contribution >= 4 is 22.8 Å². The molecule has 0 saturated carbocycles. The molecule has 1 heterocycles. The lowest BCUT2D eigenvalue weighted by Gasteiger charge is -2.26. The molecule has 0 aliphatic heterocycles. The molecule has 3 N–H and O–H groups in total. The van der Waals surface area contributed by atoms with Crippen LogP contribution in [-0.2, 0) is 0 Å². The van der Waals surface area contributed by atoms with E-state index >= 15 is 0 Å². The van der Waals surface area contributed by atoms with Crippen LogP contribution in [0, 0.1) is 77.5 Å². The minimum absolute atomic E-state index is 0.00107. The predicted octanol–water partition coefficient (Wildman–Crippen LogP) is 5.30. The Morgan fingerprint density at radius 3 is 1.73 bits per heavy atom. The molecule has 0 atom stereocenters. The summed E-state index contributed by atoms with van der Waals surface area (Å²) in [5, 5.41) is 8.12. The van der Waals surface area contributed by atoms with Crippen molar-refractivity contribution in [3.63, 3.8) is 0 Å². The van der Waals surface area contributed by atoms with Crippen molar-refractivity contribution in [2.45, 2.75) is 6.18 Å². The zero-order valence-corrected chi connectivity index (χ0v) is 20.7. The van der Waals surface area contributed by atoms with Crippen molar-refractivity contribution in [3.05, 3.63) is 95.5 Å². The first-order valence-corrected chi connectivity index (χ1v) is 11.3. The fourth-order valence-electron chi connectivity index (χ4n) is 3.19. The third-order valence-corrected chi connectivity index (χ3v) is 4.96. The van der Waals surface area contributed by atoms with E-state index in [4.69, 9.17) is 24.0 Å². The Hall–Kier alpha value is -6.25. The highest BCUT2D eigenvalue weighted by molar-refractivity contribution is 6.06. The lowest BCUT2D eigenvalue weighted by Crippen LogP contribution is -2.21. The minimum Gasteiger partial charge on any atom is -0.395 e. The Bertz CT molecular complexity index is 1690. The number of terminal acetylenes is 2. The van der Waals surface area contributed by atoms with Crippen molar-refractivity contribution < 1.29 is 13.2 Å². The number of anilines is 3. The van der Waals surface area contributed by atoms with Crippen molar-refractivity contribution in [1.82, 2.24) is 4.98 Å². The third kappa shape index (κ3) is 7.87. The number of allylic oxidation sites excluding steroid dienone is 2. The summed E-state index contributed by atoms with van der Waals surface area (Å²) in [6.07, 6.45) is 7.36. The molecule has 40 heavy (non-hydrogen) atoms. The van der Waals surface area contributed by atoms with Gasteiger partial charge in [0.15, 0.2) is 0 Å². The number of nitrogens with one attached hydrogen (secondary N) is 1. The summed E-state index contributed by atoms with van der Waals surface area (Å²) >= 11 is 0. The maximum Gasteiger partial charge on any atom is 0.430 e. The molecule has 7 heteroatoms. The van der Waals surface area contributed by atoms with Crippen LogP contribution in [0.3, 0.4) is 0 Å². The van der Waals surface area contributed by atoms with Crippen LogP contribution in [0.15, 0.2) is 78.6 Å². The number of benzene rings is 2. The van der Waals surface area contributed by atoms with Crippen molar-refractivity contribution in [1.29, 1.82) is 5.41 Å². The highest BCUT2D eigenvalue weighted by Crippen LogP contribution is 2.35. The van der Waals surface area contributed by atoms with E-state index in [-0.39, 0.29) is 5.69 Å². The van der Waals surface area contributed by atoms with Crippen LogP contribution in [0.1, 0.15) is 16.8 Å². The van der Waals surface area contributed by atoms with E-state index in [0.717, 1.165) is 0 Å². The van der Waals surface area contributed by atoms with Crippen LogP contribution in [-0.4, -0.2) is 16.9 Å². The number of alkyl halides is 3. The van der Waals surface area contributed by atoms with Crippen molar-refractivity contribution in [2.24, 2.45) is 5.73 Å². The normalized spacial score (nSPS) is 9.88. The lowest BCUT2D eigenvalue weighted by molar-refractivity contribution is -0.0925. The van der Waals surface area contributed by atoms with Gasteiger partial charge in [-0.05, 0) is 114 Å². The summed E-state index contributed by atoms with van der Waals surface area (Å²) in [5.74, 6) is 25.4. The molecule has 0 spiro atoms. The summed E-state index contributed by atoms with van der Waals surface area (Å²) in [5.41, 5.74) is 6.54. The Balaban J connectivity index is 2.07. The van der Waals surface area contributed by atoms with Crippen molar-refractivity contribution in [3.8, 4) is 72.1 Å². The lowest BCUT2D eigenvalue weighted by atomic mass is 10.1. The summed E-state index contributed by atoms with van der Waals surface area (Å²) in [4.78, 5) is 5.89. The maximum atomic E-state index is 12.9. The van der Waals surface area contributed by atoms with Gasteiger partial charge in [-0.3, -0.25) is 10.4 Å². The maximum absolute atomic E-state index is 12.9. The molecule has 190 valence electrons. The summed E-state index contributed by atoms with van der Waals surface area (Å²) in [6, 6.07) is 17.6. The first-order chi connectivity index (χ1) is 19.2. The number of halogens is 3. The Labute approximate surface area is 230 Å². The fraction of sp³-hybridized carbons (Fsp3) is 0.0303. The number of aromatic nitrogens is 1. The second-order valence-corrected chi connectivity index (χ2v) is 7.63. The number of nitrogens with zero attached hydrogens (tertiary/aromatic N) is 2. The third-order valence-electron chi connectivity index (χ3n) is 4.96. The summed E-state index contributed by atoms with van der Waals surface area (Å²) in [6.45, 7) is 0. The summed E-state index contributed by atoms with van der Waals surface area (Å²) < 4.78 is 38.7. The van der Waals surface area contributed by atoms with Crippen LogP contribution in [0.2, 0.25) is 0 Å². The molecular formula is C33H17F3N4. The van der Waals surface area contributed by atoms with Crippen LogP contribution >= 0.6 is 0 Å². The van der Waals surface area contributed by atoms with Gasteiger partial charge in [-0.2, -0.15) is 13.2 Å². The van der Waals surface area contributed by atoms with Gasteiger partial charge in [0.05, 0.1) is 11.4 Å². The molecule has 3 aromatic rings. The van der Waals surface area contributed by atoms with Gasteiger partial charge in [0.2, 0.25) is 0 Å². The standard InChI is InChI=1S/C33H17F3N4/c1-3-5-7-9-11-25-13-17-27(18-14-25)40(28-19-15-26(16-20-28)12-10-8-6-4-2)29-21-22-39-31(23-29)30(37)24-32(38)33(34,35)36/h1-2,13-24,37H,38H2. The molecule has 0 saturated heterocycles. The largest absolute Gasteiger partial charge is 0.430 e. The van der Waals surface area contributed by atoms with Crippen LogP contribution in [0.4, 0.5) is 30.2 Å². The molecule has 0 amide bonds. The first kappa shape index (κ1) is 28.3. The second kappa shape index (κ2) is 13.3. The van der Waals surface area contributed by atoms with E-state index in [0.29, 0.717) is 34.3 Å². The smallest absolute Gasteiger partial charge is 0.395 e. The van der Waals surface area contributed by atoms with Crippen molar-refractivity contribution in [2.75, 3.05) is 4.90 Å². The van der Waals surface area contributed by atoms with Gasteiger partial charge in [0.1, 0.15) is 5.70 Å². The highest BCUT2D eigenvalue weighted by atomic mass is 19.4. The second-order valence-electron chi connectivity index (χ2n) is 7.63. The number of hydrogen-bond donors (Lipinski definition) is 2. The van der Waals surface area contributed by atoms with Gasteiger partial charge >= 0.3 is 6.18 Å². The van der Waals surface area contributed by atoms with Gasteiger partial charge in [-0.25, -0.2) is 0 Å². The first-order valence-electron chi connectivity index (χ1n) is 11.3. The molecule has 3 rings (SSSR count). The highest BCUT2D eigenvalue weighted by Gasteiger charge is 2.31. The monoisotopic (exact) mass is 526 g/mol. The average Bonchev–Trinajstić information content (AvgIpc) is 2.95. The van der Waals surface area contributed by atoms with Gasteiger partial charge in [0.25, 0.3) is 0 Å². The Morgan fingerprint density at radius 1 is 0.775 bits per heavy atom. The van der Waals surface area contributed by atoms with Gasteiger partial charge in [-0.15, -0.1) is 12.8 Å². The molecule has 0 radical (unpaired) electrons.